The fraction of sp³-hybridized carbons (Fsp3) is 0.182. The van der Waals surface area contributed by atoms with E-state index in [2.05, 4.69) is 32.4 Å². The zero-order chi connectivity index (χ0) is 11.0. The third-order valence-corrected chi connectivity index (χ3v) is 4.24. The maximum Gasteiger partial charge on any atom is 0.194 e. The maximum atomic E-state index is 5.59. The molecule has 0 saturated carbocycles. The molecule has 3 heterocycles. The fourth-order valence-electron chi connectivity index (χ4n) is 1.70. The van der Waals surface area contributed by atoms with Crippen LogP contribution in [0.3, 0.4) is 0 Å². The van der Waals surface area contributed by atoms with Gasteiger partial charge in [-0.25, -0.2) is 4.98 Å². The smallest absolute Gasteiger partial charge is 0.194 e. The van der Waals surface area contributed by atoms with Gasteiger partial charge in [-0.05, 0) is 18.0 Å². The lowest BCUT2D eigenvalue weighted by atomic mass is 10.3. The van der Waals surface area contributed by atoms with Gasteiger partial charge in [0.05, 0.1) is 4.88 Å². The van der Waals surface area contributed by atoms with Gasteiger partial charge in [-0.15, -0.1) is 47.5 Å². The SMILES string of the molecule is Cl.Cl.NCCc1csc2nc(-c3cccs3)cn12. The van der Waals surface area contributed by atoms with Crippen LogP contribution in [-0.2, 0) is 6.42 Å². The molecular formula is C11H13Cl2N3S2. The Labute approximate surface area is 125 Å². The van der Waals surface area contributed by atoms with E-state index in [1.54, 1.807) is 22.7 Å². The van der Waals surface area contributed by atoms with Gasteiger partial charge < -0.3 is 5.73 Å². The molecule has 0 aliphatic carbocycles. The molecule has 0 atom stereocenters. The van der Waals surface area contributed by atoms with Gasteiger partial charge in [-0.3, -0.25) is 4.40 Å². The van der Waals surface area contributed by atoms with Crippen molar-refractivity contribution in [1.29, 1.82) is 0 Å². The van der Waals surface area contributed by atoms with Crippen molar-refractivity contribution < 1.29 is 0 Å². The van der Waals surface area contributed by atoms with E-state index in [0.29, 0.717) is 6.54 Å². The monoisotopic (exact) mass is 321 g/mol. The molecule has 0 saturated heterocycles. The first-order valence-corrected chi connectivity index (χ1v) is 6.84. The van der Waals surface area contributed by atoms with Crippen molar-refractivity contribution in [3.05, 3.63) is 34.8 Å². The van der Waals surface area contributed by atoms with Crippen LogP contribution in [0.2, 0.25) is 0 Å². The van der Waals surface area contributed by atoms with Crippen LogP contribution in [0, 0.1) is 0 Å². The molecule has 0 fully saturated rings. The Morgan fingerprint density at radius 3 is 2.78 bits per heavy atom. The summed E-state index contributed by atoms with van der Waals surface area (Å²) in [4.78, 5) is 6.87. The molecule has 3 aromatic rings. The second-order valence-electron chi connectivity index (χ2n) is 3.52. The van der Waals surface area contributed by atoms with Crippen LogP contribution in [-0.4, -0.2) is 15.9 Å². The maximum absolute atomic E-state index is 5.59. The normalized spacial score (nSPS) is 10.1. The zero-order valence-corrected chi connectivity index (χ0v) is 12.7. The molecule has 2 N–H and O–H groups in total. The first kappa shape index (κ1) is 15.5. The lowest BCUT2D eigenvalue weighted by Gasteiger charge is -1.94. The second-order valence-corrected chi connectivity index (χ2v) is 5.31. The number of hydrogen-bond donors (Lipinski definition) is 1. The van der Waals surface area contributed by atoms with Crippen LogP contribution in [0.15, 0.2) is 29.1 Å². The lowest BCUT2D eigenvalue weighted by molar-refractivity contribution is 0.909. The van der Waals surface area contributed by atoms with Crippen molar-refractivity contribution in [2.24, 2.45) is 5.73 Å². The van der Waals surface area contributed by atoms with Crippen molar-refractivity contribution in [1.82, 2.24) is 9.38 Å². The van der Waals surface area contributed by atoms with E-state index in [1.165, 1.54) is 10.6 Å². The number of halogens is 2. The van der Waals surface area contributed by atoms with Crippen LogP contribution in [0.5, 0.6) is 0 Å². The molecule has 0 unspecified atom stereocenters. The predicted molar refractivity (Wildman–Crippen MR) is 83.6 cm³/mol. The van der Waals surface area contributed by atoms with Crippen LogP contribution in [0.25, 0.3) is 15.5 Å². The molecule has 98 valence electrons. The van der Waals surface area contributed by atoms with Gasteiger partial charge in [0, 0.05) is 23.7 Å². The van der Waals surface area contributed by atoms with Gasteiger partial charge in [-0.1, -0.05) is 6.07 Å². The summed E-state index contributed by atoms with van der Waals surface area (Å²) in [5, 5.41) is 4.21. The number of nitrogens with zero attached hydrogens (tertiary/aromatic N) is 2. The van der Waals surface area contributed by atoms with Gasteiger partial charge in [0.1, 0.15) is 5.69 Å². The highest BCUT2D eigenvalue weighted by Gasteiger charge is 2.09. The topological polar surface area (TPSA) is 43.3 Å². The Bertz CT molecular complexity index is 601. The van der Waals surface area contributed by atoms with Crippen LogP contribution in [0.1, 0.15) is 5.69 Å². The van der Waals surface area contributed by atoms with E-state index in [-0.39, 0.29) is 24.8 Å². The van der Waals surface area contributed by atoms with E-state index in [0.717, 1.165) is 17.1 Å². The first-order valence-electron chi connectivity index (χ1n) is 5.08. The number of fused-ring (bicyclic) bond motifs is 1. The molecule has 0 amide bonds. The van der Waals surface area contributed by atoms with Crippen molar-refractivity contribution in [2.45, 2.75) is 6.42 Å². The Hall–Kier alpha value is -0.590. The summed E-state index contributed by atoms with van der Waals surface area (Å²) < 4.78 is 2.15. The number of hydrogen-bond acceptors (Lipinski definition) is 4. The summed E-state index contributed by atoms with van der Waals surface area (Å²) in [6, 6.07) is 4.15. The van der Waals surface area contributed by atoms with Crippen LogP contribution >= 0.6 is 47.5 Å². The Morgan fingerprint density at radius 2 is 2.11 bits per heavy atom. The van der Waals surface area contributed by atoms with E-state index in [9.17, 15) is 0 Å². The average Bonchev–Trinajstić information content (AvgIpc) is 2.93. The largest absolute Gasteiger partial charge is 0.330 e. The van der Waals surface area contributed by atoms with Crippen molar-refractivity contribution >= 4 is 52.4 Å². The van der Waals surface area contributed by atoms with E-state index < -0.39 is 0 Å². The standard InChI is InChI=1S/C11H11N3S2.2ClH/c12-4-3-8-7-16-11-13-9(6-14(8)11)10-2-1-5-15-10;;/h1-2,5-7H,3-4,12H2;2*1H. The summed E-state index contributed by atoms with van der Waals surface area (Å²) >= 11 is 3.39. The molecular weight excluding hydrogens is 309 g/mol. The summed E-state index contributed by atoms with van der Waals surface area (Å²) in [6.45, 7) is 0.679. The minimum absolute atomic E-state index is 0. The summed E-state index contributed by atoms with van der Waals surface area (Å²) in [5.41, 5.74) is 7.89. The fourth-order valence-corrected chi connectivity index (χ4v) is 3.29. The summed E-state index contributed by atoms with van der Waals surface area (Å²) in [6.07, 6.45) is 3.00. The Morgan fingerprint density at radius 1 is 1.28 bits per heavy atom. The molecule has 0 bridgehead atoms. The van der Waals surface area contributed by atoms with Crippen molar-refractivity contribution in [3.63, 3.8) is 0 Å². The third kappa shape index (κ3) is 2.70. The predicted octanol–water partition coefficient (Wildman–Crippen LogP) is 3.47. The second kappa shape index (κ2) is 6.54. The zero-order valence-electron chi connectivity index (χ0n) is 9.41. The van der Waals surface area contributed by atoms with E-state index in [4.69, 9.17) is 5.73 Å². The van der Waals surface area contributed by atoms with Gasteiger partial charge in [0.15, 0.2) is 4.96 Å². The highest BCUT2D eigenvalue weighted by Crippen LogP contribution is 2.26. The molecule has 0 radical (unpaired) electrons. The molecule has 3 nitrogen and oxygen atoms in total. The number of imidazole rings is 1. The molecule has 3 rings (SSSR count). The van der Waals surface area contributed by atoms with Gasteiger partial charge in [0.2, 0.25) is 0 Å². The Kier molecular flexibility index (Phi) is 5.62. The van der Waals surface area contributed by atoms with Crippen molar-refractivity contribution in [2.75, 3.05) is 6.54 Å². The third-order valence-electron chi connectivity index (χ3n) is 2.46. The minimum Gasteiger partial charge on any atom is -0.330 e. The number of thiazole rings is 1. The van der Waals surface area contributed by atoms with Crippen LogP contribution in [0.4, 0.5) is 0 Å². The molecule has 0 aliphatic heterocycles. The van der Waals surface area contributed by atoms with Crippen molar-refractivity contribution in [3.8, 4) is 10.6 Å². The number of nitrogens with two attached hydrogens (primary N) is 1. The summed E-state index contributed by atoms with van der Waals surface area (Å²) in [7, 11) is 0. The molecule has 18 heavy (non-hydrogen) atoms. The molecule has 7 heteroatoms. The number of thiophene rings is 1. The molecule has 0 spiro atoms. The Balaban J connectivity index is 0.000000810. The van der Waals surface area contributed by atoms with Crippen LogP contribution < -0.4 is 5.73 Å². The number of aromatic nitrogens is 2. The lowest BCUT2D eigenvalue weighted by Crippen LogP contribution is -2.04. The summed E-state index contributed by atoms with van der Waals surface area (Å²) in [5.74, 6) is 0. The van der Waals surface area contributed by atoms with Gasteiger partial charge in [-0.2, -0.15) is 0 Å². The van der Waals surface area contributed by atoms with E-state index in [1.807, 2.05) is 6.07 Å². The van der Waals surface area contributed by atoms with E-state index >= 15 is 0 Å². The highest BCUT2D eigenvalue weighted by atomic mass is 35.5. The van der Waals surface area contributed by atoms with Gasteiger partial charge in [0.25, 0.3) is 0 Å². The minimum atomic E-state index is 0. The highest BCUT2D eigenvalue weighted by molar-refractivity contribution is 7.15. The van der Waals surface area contributed by atoms with Gasteiger partial charge >= 0.3 is 0 Å². The molecule has 3 aromatic heterocycles. The average molecular weight is 322 g/mol. The number of rotatable bonds is 3. The molecule has 0 aromatic carbocycles. The molecule has 0 aliphatic rings. The first-order chi connectivity index (χ1) is 7.88. The quantitative estimate of drug-likeness (QED) is 0.802.